The first-order valence-corrected chi connectivity index (χ1v) is 21.0. The minimum Gasteiger partial charge on any atom is -0.477 e. The summed E-state index contributed by atoms with van der Waals surface area (Å²) in [6.45, 7) is 4.50. The van der Waals surface area contributed by atoms with E-state index in [1.54, 1.807) is 0 Å². The number of hydrogen-bond donors (Lipinski definition) is 1. The fourth-order valence-corrected chi connectivity index (χ4v) is 5.63. The molecule has 1 N–H and O–H groups in total. The van der Waals surface area contributed by atoms with E-state index in [0.29, 0.717) is 19.3 Å². The minimum absolute atomic E-state index is 0.0330. The number of carbonyl (C=O) groups excluding carboxylic acids is 2. The molecule has 0 heterocycles. The number of esters is 2. The van der Waals surface area contributed by atoms with Crippen LogP contribution in [0.2, 0.25) is 0 Å². The van der Waals surface area contributed by atoms with Gasteiger partial charge in [-0.1, -0.05) is 138 Å². The van der Waals surface area contributed by atoms with Crippen molar-refractivity contribution in [3.63, 3.8) is 0 Å². The van der Waals surface area contributed by atoms with Crippen LogP contribution in [0.4, 0.5) is 0 Å². The fourth-order valence-electron chi connectivity index (χ4n) is 5.63. The normalized spacial score (nSPS) is 13.7. The van der Waals surface area contributed by atoms with Gasteiger partial charge in [0, 0.05) is 19.3 Å². The zero-order chi connectivity index (χ0) is 40.0. The monoisotopic (exact) mass is 757 g/mol. The molecule has 0 radical (unpaired) electrons. The van der Waals surface area contributed by atoms with Gasteiger partial charge < -0.3 is 23.8 Å². The SMILES string of the molecule is CC/C=C/C=C/C=C/CCCCCCCC(=O)OC(COCCC(C(=O)O)[N+](C)(C)C)COC(=O)CCC/C=C/C/C=C/C/C=C/CCCCCCCC. The summed E-state index contributed by atoms with van der Waals surface area (Å²) in [5.41, 5.74) is 0. The first-order chi connectivity index (χ1) is 26.1. The molecule has 0 fully saturated rings. The number of hydrogen-bond acceptors (Lipinski definition) is 6. The Morgan fingerprint density at radius 3 is 1.74 bits per heavy atom. The van der Waals surface area contributed by atoms with Gasteiger partial charge >= 0.3 is 17.9 Å². The number of quaternary nitrogens is 1. The summed E-state index contributed by atoms with van der Waals surface area (Å²) < 4.78 is 17.2. The lowest BCUT2D eigenvalue weighted by molar-refractivity contribution is -0.887. The van der Waals surface area contributed by atoms with E-state index in [9.17, 15) is 19.5 Å². The number of unbranched alkanes of at least 4 members (excludes halogenated alkanes) is 12. The van der Waals surface area contributed by atoms with Gasteiger partial charge in [-0.05, 0) is 64.2 Å². The van der Waals surface area contributed by atoms with E-state index in [1.807, 2.05) is 33.3 Å². The van der Waals surface area contributed by atoms with Crippen LogP contribution in [0.1, 0.15) is 149 Å². The fraction of sp³-hybridized carbons (Fsp3) is 0.674. The molecule has 0 aromatic carbocycles. The first kappa shape index (κ1) is 50.8. The van der Waals surface area contributed by atoms with E-state index in [0.717, 1.165) is 64.2 Å². The third kappa shape index (κ3) is 34.5. The highest BCUT2D eigenvalue weighted by molar-refractivity contribution is 5.72. The van der Waals surface area contributed by atoms with Gasteiger partial charge in [0.1, 0.15) is 6.61 Å². The van der Waals surface area contributed by atoms with E-state index in [1.165, 1.54) is 44.9 Å². The molecular weight excluding hydrogens is 679 g/mol. The third-order valence-corrected chi connectivity index (χ3v) is 8.90. The predicted molar refractivity (Wildman–Crippen MR) is 224 cm³/mol. The summed E-state index contributed by atoms with van der Waals surface area (Å²) in [5, 5.41) is 9.60. The summed E-state index contributed by atoms with van der Waals surface area (Å²) in [6, 6.07) is -0.628. The third-order valence-electron chi connectivity index (χ3n) is 8.90. The molecule has 0 aliphatic rings. The summed E-state index contributed by atoms with van der Waals surface area (Å²) in [5.74, 6) is -1.57. The number of carboxylic acid groups (broad SMARTS) is 1. The molecule has 0 saturated carbocycles. The molecule has 0 rings (SSSR count). The highest BCUT2D eigenvalue weighted by Crippen LogP contribution is 2.12. The number of nitrogens with zero attached hydrogens (tertiary/aromatic N) is 1. The highest BCUT2D eigenvalue weighted by Gasteiger charge is 2.31. The quantitative estimate of drug-likeness (QED) is 0.0223. The van der Waals surface area contributed by atoms with E-state index < -0.39 is 18.1 Å². The summed E-state index contributed by atoms with van der Waals surface area (Å²) in [4.78, 5) is 36.9. The number of allylic oxidation sites excluding steroid dienone is 12. The Balaban J connectivity index is 4.49. The van der Waals surface area contributed by atoms with E-state index in [2.05, 4.69) is 74.6 Å². The molecular formula is C46H78NO7+. The van der Waals surface area contributed by atoms with Gasteiger partial charge in [-0.25, -0.2) is 4.79 Å². The summed E-state index contributed by atoms with van der Waals surface area (Å²) in [6.07, 6.45) is 45.3. The van der Waals surface area contributed by atoms with Crippen molar-refractivity contribution >= 4 is 17.9 Å². The maximum atomic E-state index is 12.7. The lowest BCUT2D eigenvalue weighted by Crippen LogP contribution is -2.50. The molecule has 0 aliphatic carbocycles. The van der Waals surface area contributed by atoms with Crippen LogP contribution in [0.25, 0.3) is 0 Å². The second-order valence-corrected chi connectivity index (χ2v) is 14.9. The molecule has 308 valence electrons. The molecule has 0 amide bonds. The molecule has 8 nitrogen and oxygen atoms in total. The summed E-state index contributed by atoms with van der Waals surface area (Å²) in [7, 11) is 5.49. The van der Waals surface area contributed by atoms with Crippen molar-refractivity contribution in [1.29, 1.82) is 0 Å². The zero-order valence-corrected chi connectivity index (χ0v) is 34.9. The molecule has 0 spiro atoms. The number of carboxylic acids is 1. The van der Waals surface area contributed by atoms with Crippen LogP contribution in [-0.2, 0) is 28.6 Å². The Hall–Kier alpha value is -3.23. The Kier molecular flexibility index (Phi) is 34.5. The summed E-state index contributed by atoms with van der Waals surface area (Å²) >= 11 is 0. The van der Waals surface area contributed by atoms with Gasteiger partial charge in [0.05, 0.1) is 34.4 Å². The van der Waals surface area contributed by atoms with Crippen LogP contribution in [0, 0.1) is 0 Å². The lowest BCUT2D eigenvalue weighted by Gasteiger charge is -2.31. The van der Waals surface area contributed by atoms with Gasteiger partial charge in [-0.2, -0.15) is 0 Å². The standard InChI is InChI=1S/C46H77NO7/c1-6-8-10-12-14-16-18-20-21-22-23-25-26-28-30-32-34-36-44(48)53-41-42(40-52-39-38-43(46(50)51)47(3,4)5)54-45(49)37-35-33-31-29-27-24-19-17-15-13-11-9-7-2/h9,11,13,15,17,19-21,23,25,28,30,42-43H,6-8,10,12,14,16,18,22,24,26-27,29,31-41H2,1-5H3/p+1/b11-9+,15-13+,19-17+,21-20+,25-23+,30-28+. The number of aliphatic carboxylic acids is 1. The average Bonchev–Trinajstić information content (AvgIpc) is 3.12. The molecule has 2 atom stereocenters. The molecule has 2 unspecified atom stereocenters. The Labute approximate surface area is 330 Å². The molecule has 54 heavy (non-hydrogen) atoms. The number of rotatable bonds is 36. The van der Waals surface area contributed by atoms with Gasteiger partial charge in [0.15, 0.2) is 12.1 Å². The Bertz CT molecular complexity index is 1110. The second-order valence-electron chi connectivity index (χ2n) is 14.9. The smallest absolute Gasteiger partial charge is 0.362 e. The second kappa shape index (κ2) is 36.7. The van der Waals surface area contributed by atoms with Crippen LogP contribution >= 0.6 is 0 Å². The molecule has 0 aromatic rings. The molecule has 0 aliphatic heterocycles. The van der Waals surface area contributed by atoms with E-state index in [-0.39, 0.29) is 42.7 Å². The van der Waals surface area contributed by atoms with Crippen molar-refractivity contribution in [1.82, 2.24) is 0 Å². The highest BCUT2D eigenvalue weighted by atomic mass is 16.6. The predicted octanol–water partition coefficient (Wildman–Crippen LogP) is 11.2. The minimum atomic E-state index is -0.889. The Morgan fingerprint density at radius 2 is 1.13 bits per heavy atom. The largest absolute Gasteiger partial charge is 0.477 e. The van der Waals surface area contributed by atoms with E-state index >= 15 is 0 Å². The lowest BCUT2D eigenvalue weighted by atomic mass is 10.1. The van der Waals surface area contributed by atoms with Crippen LogP contribution in [0.3, 0.4) is 0 Å². The van der Waals surface area contributed by atoms with Crippen molar-refractivity contribution < 1.29 is 38.2 Å². The van der Waals surface area contributed by atoms with E-state index in [4.69, 9.17) is 14.2 Å². The van der Waals surface area contributed by atoms with Gasteiger partial charge in [-0.3, -0.25) is 9.59 Å². The molecule has 0 bridgehead atoms. The van der Waals surface area contributed by atoms with Crippen LogP contribution in [0.15, 0.2) is 72.9 Å². The van der Waals surface area contributed by atoms with Crippen molar-refractivity contribution in [2.24, 2.45) is 0 Å². The van der Waals surface area contributed by atoms with Crippen molar-refractivity contribution in [2.45, 2.75) is 161 Å². The van der Waals surface area contributed by atoms with Crippen LogP contribution < -0.4 is 0 Å². The molecule has 8 heteroatoms. The maximum Gasteiger partial charge on any atom is 0.362 e. The van der Waals surface area contributed by atoms with Crippen LogP contribution in [0.5, 0.6) is 0 Å². The van der Waals surface area contributed by atoms with Gasteiger partial charge in [0.25, 0.3) is 0 Å². The molecule has 0 aromatic heterocycles. The zero-order valence-electron chi connectivity index (χ0n) is 34.9. The van der Waals surface area contributed by atoms with Crippen molar-refractivity contribution in [3.05, 3.63) is 72.9 Å². The topological polar surface area (TPSA) is 99.1 Å². The number of ether oxygens (including phenoxy) is 3. The molecule has 0 saturated heterocycles. The van der Waals surface area contributed by atoms with Gasteiger partial charge in [-0.15, -0.1) is 0 Å². The van der Waals surface area contributed by atoms with Crippen molar-refractivity contribution in [2.75, 3.05) is 41.0 Å². The Morgan fingerprint density at radius 1 is 0.593 bits per heavy atom. The maximum absolute atomic E-state index is 12.7. The van der Waals surface area contributed by atoms with Crippen molar-refractivity contribution in [3.8, 4) is 0 Å². The van der Waals surface area contributed by atoms with Crippen LogP contribution in [-0.4, -0.2) is 80.6 Å². The number of carbonyl (C=O) groups is 3. The van der Waals surface area contributed by atoms with Gasteiger partial charge in [0.2, 0.25) is 0 Å². The average molecular weight is 757 g/mol. The number of likely N-dealkylation sites (N-methyl/N-ethyl adjacent to an activating group) is 1. The first-order valence-electron chi connectivity index (χ1n) is 21.0.